The number of aliphatic hydroxyl groups is 1. The Morgan fingerprint density at radius 1 is 1.33 bits per heavy atom. The minimum atomic E-state index is -1.55. The first-order valence-electron chi connectivity index (χ1n) is 6.22. The topological polar surface area (TPSA) is 98.9 Å². The number of ketones is 1. The van der Waals surface area contributed by atoms with Crippen molar-refractivity contribution in [3.8, 4) is 0 Å². The molecule has 2 heterocycles. The molecule has 0 saturated heterocycles. The number of aliphatic hydroxyl groups excluding tert-OH is 1. The molecule has 1 aromatic carbocycles. The SMILES string of the molecule is O=C1C(c2ccc([N+](=O)[O-])cc2)=C[C@H]2C=C[C@]1(CO)OO2. The van der Waals surface area contributed by atoms with Crippen LogP contribution < -0.4 is 0 Å². The van der Waals surface area contributed by atoms with Gasteiger partial charge in [-0.3, -0.25) is 14.9 Å². The molecule has 1 N–H and O–H groups in total. The summed E-state index contributed by atoms with van der Waals surface area (Å²) in [6, 6.07) is 5.60. The number of hydrogen-bond acceptors (Lipinski definition) is 6. The van der Waals surface area contributed by atoms with Gasteiger partial charge in [-0.05, 0) is 35.9 Å². The van der Waals surface area contributed by atoms with Crippen LogP contribution in [0.15, 0.2) is 42.5 Å². The van der Waals surface area contributed by atoms with Crippen molar-refractivity contribution in [2.45, 2.75) is 11.7 Å². The number of rotatable bonds is 3. The molecule has 0 fully saturated rings. The Bertz CT molecular complexity index is 663. The highest BCUT2D eigenvalue weighted by Gasteiger charge is 2.45. The summed E-state index contributed by atoms with van der Waals surface area (Å²) in [5.41, 5.74) is -0.816. The van der Waals surface area contributed by atoms with Crippen molar-refractivity contribution in [1.82, 2.24) is 0 Å². The molecule has 2 atom stereocenters. The summed E-state index contributed by atoms with van der Waals surface area (Å²) in [6.07, 6.45) is 4.11. The highest BCUT2D eigenvalue weighted by atomic mass is 17.2. The average molecular weight is 289 g/mol. The molecule has 4 rings (SSSR count). The molecular weight excluding hydrogens is 278 g/mol. The number of nitrogens with zero attached hydrogens (tertiary/aromatic N) is 1. The van der Waals surface area contributed by atoms with E-state index in [-0.39, 0.29) is 5.69 Å². The van der Waals surface area contributed by atoms with Crippen molar-refractivity contribution in [3.05, 3.63) is 58.2 Å². The van der Waals surface area contributed by atoms with Crippen molar-refractivity contribution in [2.24, 2.45) is 0 Å². The van der Waals surface area contributed by atoms with Crippen LogP contribution in [-0.2, 0) is 14.6 Å². The molecule has 7 heteroatoms. The number of carbonyl (C=O) groups excluding carboxylic acids is 1. The normalized spacial score (nSPS) is 27.4. The van der Waals surface area contributed by atoms with Gasteiger partial charge in [-0.25, -0.2) is 9.78 Å². The standard InChI is InChI=1S/C14H11NO6/c16-8-14-6-5-11(20-21-14)7-12(13(14)17)9-1-3-10(4-2-9)15(18)19/h1-7,11,16H,8H2/t11-,14-/m1/s1. The number of Topliss-reactive ketones (excluding diaryl/α,β-unsaturated/α-hetero) is 1. The number of fused-ring (bicyclic) bond motifs is 2. The van der Waals surface area contributed by atoms with Gasteiger partial charge in [-0.1, -0.05) is 0 Å². The molecule has 1 aliphatic carbocycles. The molecule has 0 spiro atoms. The molecule has 3 aliphatic rings. The van der Waals surface area contributed by atoms with E-state index < -0.39 is 29.0 Å². The third kappa shape index (κ3) is 2.17. The highest BCUT2D eigenvalue weighted by molar-refractivity contribution is 6.26. The van der Waals surface area contributed by atoms with Gasteiger partial charge in [0, 0.05) is 17.7 Å². The Kier molecular flexibility index (Phi) is 3.17. The fourth-order valence-corrected chi connectivity index (χ4v) is 2.26. The van der Waals surface area contributed by atoms with Crippen LogP contribution in [0.3, 0.4) is 0 Å². The third-order valence-corrected chi connectivity index (χ3v) is 3.45. The molecule has 0 saturated carbocycles. The number of hydrogen-bond donors (Lipinski definition) is 1. The second kappa shape index (κ2) is 4.88. The quantitative estimate of drug-likeness (QED) is 0.388. The van der Waals surface area contributed by atoms with E-state index in [9.17, 15) is 20.0 Å². The molecule has 2 bridgehead atoms. The second-order valence-corrected chi connectivity index (χ2v) is 4.76. The van der Waals surface area contributed by atoms with E-state index in [1.807, 2.05) is 0 Å². The lowest BCUT2D eigenvalue weighted by Crippen LogP contribution is -2.44. The van der Waals surface area contributed by atoms with Crippen LogP contribution in [0.5, 0.6) is 0 Å². The number of nitro benzene ring substituents is 1. The van der Waals surface area contributed by atoms with Gasteiger partial charge in [0.2, 0.25) is 11.4 Å². The van der Waals surface area contributed by atoms with Gasteiger partial charge in [0.05, 0.1) is 11.5 Å². The van der Waals surface area contributed by atoms with E-state index >= 15 is 0 Å². The van der Waals surface area contributed by atoms with Gasteiger partial charge in [-0.15, -0.1) is 0 Å². The second-order valence-electron chi connectivity index (χ2n) is 4.76. The van der Waals surface area contributed by atoms with Gasteiger partial charge < -0.3 is 5.11 Å². The molecular formula is C14H11NO6. The highest BCUT2D eigenvalue weighted by Crippen LogP contribution is 2.34. The average Bonchev–Trinajstić information content (AvgIpc) is 2.74. The lowest BCUT2D eigenvalue weighted by molar-refractivity contribution is -0.384. The van der Waals surface area contributed by atoms with E-state index in [0.717, 1.165) is 0 Å². The van der Waals surface area contributed by atoms with E-state index in [2.05, 4.69) is 0 Å². The Labute approximate surface area is 119 Å². The molecule has 21 heavy (non-hydrogen) atoms. The molecule has 0 unspecified atom stereocenters. The first-order valence-corrected chi connectivity index (χ1v) is 6.22. The van der Waals surface area contributed by atoms with E-state index in [4.69, 9.17) is 9.78 Å². The molecule has 0 radical (unpaired) electrons. The molecule has 7 nitrogen and oxygen atoms in total. The maximum atomic E-state index is 12.6. The summed E-state index contributed by atoms with van der Waals surface area (Å²) >= 11 is 0. The zero-order valence-corrected chi connectivity index (χ0v) is 10.8. The van der Waals surface area contributed by atoms with Crippen LogP contribution in [0.4, 0.5) is 5.69 Å². The molecule has 1 aromatic rings. The number of nitro groups is 1. The van der Waals surface area contributed by atoms with Gasteiger partial charge in [0.15, 0.2) is 0 Å². The van der Waals surface area contributed by atoms with Crippen molar-refractivity contribution in [2.75, 3.05) is 6.61 Å². The molecule has 0 aromatic heterocycles. The van der Waals surface area contributed by atoms with Crippen LogP contribution in [0, 0.1) is 10.1 Å². The minimum Gasteiger partial charge on any atom is -0.392 e. The summed E-state index contributed by atoms with van der Waals surface area (Å²) in [5.74, 6) is -0.449. The number of carbonyl (C=O) groups is 1. The van der Waals surface area contributed by atoms with Crippen LogP contribution >= 0.6 is 0 Å². The van der Waals surface area contributed by atoms with Gasteiger partial charge in [0.25, 0.3) is 5.69 Å². The summed E-state index contributed by atoms with van der Waals surface area (Å²) in [7, 11) is 0. The number of non-ortho nitro benzene ring substituents is 1. The van der Waals surface area contributed by atoms with Crippen LogP contribution in [0.1, 0.15) is 5.56 Å². The lowest BCUT2D eigenvalue weighted by atomic mass is 9.90. The number of benzene rings is 1. The fourth-order valence-electron chi connectivity index (χ4n) is 2.26. The smallest absolute Gasteiger partial charge is 0.269 e. The van der Waals surface area contributed by atoms with E-state index in [1.54, 1.807) is 12.2 Å². The molecule has 2 aliphatic heterocycles. The summed E-state index contributed by atoms with van der Waals surface area (Å²) in [6.45, 7) is -0.556. The fraction of sp³-hybridized carbons (Fsp3) is 0.214. The van der Waals surface area contributed by atoms with Crippen molar-refractivity contribution in [1.29, 1.82) is 0 Å². The van der Waals surface area contributed by atoms with Crippen molar-refractivity contribution >= 4 is 17.0 Å². The monoisotopic (exact) mass is 289 g/mol. The Hall–Kier alpha value is -2.35. The summed E-state index contributed by atoms with van der Waals surface area (Å²) in [4.78, 5) is 32.7. The Morgan fingerprint density at radius 3 is 2.57 bits per heavy atom. The third-order valence-electron chi connectivity index (χ3n) is 3.45. The minimum absolute atomic E-state index is 0.0640. The molecule has 0 amide bonds. The Morgan fingerprint density at radius 2 is 2.05 bits per heavy atom. The maximum Gasteiger partial charge on any atom is 0.269 e. The molecule has 108 valence electrons. The van der Waals surface area contributed by atoms with E-state index in [1.165, 1.54) is 30.3 Å². The van der Waals surface area contributed by atoms with Crippen molar-refractivity contribution in [3.63, 3.8) is 0 Å². The van der Waals surface area contributed by atoms with E-state index in [0.29, 0.717) is 11.1 Å². The Balaban J connectivity index is 2.02. The van der Waals surface area contributed by atoms with Gasteiger partial charge in [-0.2, -0.15) is 0 Å². The maximum absolute atomic E-state index is 12.6. The van der Waals surface area contributed by atoms with Crippen LogP contribution in [0.25, 0.3) is 5.57 Å². The van der Waals surface area contributed by atoms with Crippen LogP contribution in [-0.4, -0.2) is 34.1 Å². The zero-order valence-electron chi connectivity index (χ0n) is 10.8. The predicted molar refractivity (Wildman–Crippen MR) is 71.0 cm³/mol. The first kappa shape index (κ1) is 13.6. The predicted octanol–water partition coefficient (Wildman–Crippen LogP) is 1.18. The largest absolute Gasteiger partial charge is 0.392 e. The van der Waals surface area contributed by atoms with Gasteiger partial charge >= 0.3 is 0 Å². The zero-order chi connectivity index (χ0) is 15.0. The van der Waals surface area contributed by atoms with Crippen molar-refractivity contribution < 1.29 is 24.6 Å². The first-order chi connectivity index (χ1) is 10.1. The van der Waals surface area contributed by atoms with Gasteiger partial charge in [0.1, 0.15) is 6.10 Å². The lowest BCUT2D eigenvalue weighted by Gasteiger charge is -2.27. The summed E-state index contributed by atoms with van der Waals surface area (Å²) in [5, 5.41) is 20.1. The van der Waals surface area contributed by atoms with Crippen LogP contribution in [0.2, 0.25) is 0 Å². The summed E-state index contributed by atoms with van der Waals surface area (Å²) < 4.78 is 0.